The molecule has 0 saturated heterocycles. The molecule has 0 radical (unpaired) electrons. The van der Waals surface area contributed by atoms with E-state index < -0.39 is 27.3 Å². The number of hydrogen-bond donors (Lipinski definition) is 0. The average molecular weight is 484 g/mol. The first-order chi connectivity index (χ1) is 14.6. The first-order valence-corrected chi connectivity index (χ1v) is 12.4. The van der Waals surface area contributed by atoms with Crippen molar-refractivity contribution in [3.05, 3.63) is 52.8 Å². The molecular formula is C21H23ClFN3O3S2. The molecule has 0 atom stereocenters. The second kappa shape index (κ2) is 9.60. The van der Waals surface area contributed by atoms with Gasteiger partial charge in [0.05, 0.1) is 15.1 Å². The lowest BCUT2D eigenvalue weighted by atomic mass is 10.2. The van der Waals surface area contributed by atoms with Crippen LogP contribution in [0.5, 0.6) is 0 Å². The SMILES string of the molecule is Cc1c(Cl)ccc2sc(N(CCCN(C)C)C(=O)CS(=O)(=O)c3ccc(F)cc3)nc12. The predicted octanol–water partition coefficient (Wildman–Crippen LogP) is 4.16. The molecule has 0 saturated carbocycles. The molecule has 0 fully saturated rings. The summed E-state index contributed by atoms with van der Waals surface area (Å²) in [6, 6.07) is 8.06. The molecule has 0 spiro atoms. The maximum atomic E-state index is 13.2. The molecule has 0 N–H and O–H groups in total. The van der Waals surface area contributed by atoms with Gasteiger partial charge in [-0.15, -0.1) is 0 Å². The molecule has 1 amide bonds. The van der Waals surface area contributed by atoms with Crippen LogP contribution in [0, 0.1) is 12.7 Å². The number of thiazole rings is 1. The zero-order valence-electron chi connectivity index (χ0n) is 17.4. The van der Waals surface area contributed by atoms with Crippen molar-refractivity contribution < 1.29 is 17.6 Å². The minimum atomic E-state index is -3.93. The fraction of sp³-hybridized carbons (Fsp3) is 0.333. The van der Waals surface area contributed by atoms with Crippen LogP contribution in [-0.2, 0) is 14.6 Å². The number of aromatic nitrogens is 1. The summed E-state index contributed by atoms with van der Waals surface area (Å²) in [5, 5.41) is 1.01. The quantitative estimate of drug-likeness (QED) is 0.450. The molecule has 0 aliphatic rings. The molecule has 0 aliphatic carbocycles. The monoisotopic (exact) mass is 483 g/mol. The number of carbonyl (C=O) groups is 1. The van der Waals surface area contributed by atoms with Gasteiger partial charge in [-0.2, -0.15) is 0 Å². The van der Waals surface area contributed by atoms with Gasteiger partial charge >= 0.3 is 0 Å². The first-order valence-electron chi connectivity index (χ1n) is 9.57. The minimum absolute atomic E-state index is 0.0950. The normalized spacial score (nSPS) is 11.9. The van der Waals surface area contributed by atoms with Crippen molar-refractivity contribution in [2.45, 2.75) is 18.2 Å². The van der Waals surface area contributed by atoms with Crippen LogP contribution >= 0.6 is 22.9 Å². The average Bonchev–Trinajstić information content (AvgIpc) is 3.12. The summed E-state index contributed by atoms with van der Waals surface area (Å²) in [5.74, 6) is -1.85. The standard InChI is InChI=1S/C21H23ClFN3O3S2/c1-14-17(22)9-10-18-20(14)24-21(30-18)26(12-4-11-25(2)3)19(27)13-31(28,29)16-7-5-15(23)6-8-16/h5-10H,4,11-13H2,1-3H3. The Morgan fingerprint density at radius 1 is 1.13 bits per heavy atom. The van der Waals surface area contributed by atoms with Gasteiger partial charge in [0, 0.05) is 11.6 Å². The lowest BCUT2D eigenvalue weighted by Crippen LogP contribution is -2.37. The summed E-state index contributed by atoms with van der Waals surface area (Å²) in [4.78, 5) is 21.0. The Hall–Kier alpha value is -2.07. The fourth-order valence-electron chi connectivity index (χ4n) is 3.04. The molecule has 1 aromatic heterocycles. The van der Waals surface area contributed by atoms with Crippen molar-refractivity contribution in [3.8, 4) is 0 Å². The van der Waals surface area contributed by atoms with E-state index in [1.54, 1.807) is 6.07 Å². The van der Waals surface area contributed by atoms with E-state index >= 15 is 0 Å². The first kappa shape index (κ1) is 23.6. The number of anilines is 1. The maximum absolute atomic E-state index is 13.2. The van der Waals surface area contributed by atoms with Gasteiger partial charge < -0.3 is 4.90 Å². The van der Waals surface area contributed by atoms with Gasteiger partial charge in [-0.3, -0.25) is 9.69 Å². The van der Waals surface area contributed by atoms with Gasteiger partial charge in [-0.05, 0) is 75.9 Å². The summed E-state index contributed by atoms with van der Waals surface area (Å²) in [7, 11) is -0.0786. The van der Waals surface area contributed by atoms with Crippen LogP contribution in [0.4, 0.5) is 9.52 Å². The molecule has 0 unspecified atom stereocenters. The van der Waals surface area contributed by atoms with Gasteiger partial charge in [0.1, 0.15) is 11.6 Å². The molecule has 10 heteroatoms. The van der Waals surface area contributed by atoms with E-state index in [0.717, 1.165) is 41.1 Å². The summed E-state index contributed by atoms with van der Waals surface area (Å²) < 4.78 is 39.5. The molecule has 6 nitrogen and oxygen atoms in total. The Kier molecular flexibility index (Phi) is 7.31. The molecule has 2 aromatic carbocycles. The molecule has 0 bridgehead atoms. The molecule has 0 aliphatic heterocycles. The Morgan fingerprint density at radius 3 is 2.45 bits per heavy atom. The van der Waals surface area contributed by atoms with E-state index in [4.69, 9.17) is 11.6 Å². The molecule has 166 valence electrons. The zero-order chi connectivity index (χ0) is 22.8. The van der Waals surface area contributed by atoms with Crippen LogP contribution in [0.25, 0.3) is 10.2 Å². The second-order valence-electron chi connectivity index (χ2n) is 7.43. The topological polar surface area (TPSA) is 70.6 Å². The van der Waals surface area contributed by atoms with Crippen molar-refractivity contribution in [1.82, 2.24) is 9.88 Å². The van der Waals surface area contributed by atoms with E-state index in [0.29, 0.717) is 28.6 Å². The molecule has 1 heterocycles. The summed E-state index contributed by atoms with van der Waals surface area (Å²) in [5.41, 5.74) is 1.50. The van der Waals surface area contributed by atoms with Crippen molar-refractivity contribution in [2.24, 2.45) is 0 Å². The number of nitrogens with zero attached hydrogens (tertiary/aromatic N) is 3. The van der Waals surface area contributed by atoms with Gasteiger partial charge in [0.2, 0.25) is 5.91 Å². The second-order valence-corrected chi connectivity index (χ2v) is 10.8. The smallest absolute Gasteiger partial charge is 0.244 e. The van der Waals surface area contributed by atoms with Crippen LogP contribution in [0.15, 0.2) is 41.3 Å². The molecule has 31 heavy (non-hydrogen) atoms. The Balaban J connectivity index is 1.92. The number of halogens is 2. The number of benzene rings is 2. The zero-order valence-corrected chi connectivity index (χ0v) is 19.8. The lowest BCUT2D eigenvalue weighted by molar-refractivity contribution is -0.116. The van der Waals surface area contributed by atoms with E-state index in [9.17, 15) is 17.6 Å². The lowest BCUT2D eigenvalue weighted by Gasteiger charge is -2.21. The van der Waals surface area contributed by atoms with Crippen LogP contribution in [0.1, 0.15) is 12.0 Å². The number of aryl methyl sites for hydroxylation is 1. The highest BCUT2D eigenvalue weighted by molar-refractivity contribution is 7.92. The number of sulfone groups is 1. The van der Waals surface area contributed by atoms with Gasteiger partial charge in [0.25, 0.3) is 0 Å². The Morgan fingerprint density at radius 2 is 1.81 bits per heavy atom. The van der Waals surface area contributed by atoms with Gasteiger partial charge in [-0.25, -0.2) is 17.8 Å². The highest BCUT2D eigenvalue weighted by atomic mass is 35.5. The number of hydrogen-bond acceptors (Lipinski definition) is 6. The molecule has 3 rings (SSSR count). The third-order valence-electron chi connectivity index (χ3n) is 4.74. The number of rotatable bonds is 8. The number of fused-ring (bicyclic) bond motifs is 1. The van der Waals surface area contributed by atoms with E-state index in [1.807, 2.05) is 32.0 Å². The van der Waals surface area contributed by atoms with Crippen molar-refractivity contribution >= 4 is 54.0 Å². The van der Waals surface area contributed by atoms with Gasteiger partial charge in [0.15, 0.2) is 15.0 Å². The number of carbonyl (C=O) groups excluding carboxylic acids is 1. The van der Waals surface area contributed by atoms with Crippen molar-refractivity contribution in [2.75, 3.05) is 37.8 Å². The van der Waals surface area contributed by atoms with Gasteiger partial charge in [-0.1, -0.05) is 22.9 Å². The number of amides is 1. The van der Waals surface area contributed by atoms with E-state index in [-0.39, 0.29) is 4.90 Å². The highest BCUT2D eigenvalue weighted by Gasteiger charge is 2.27. The van der Waals surface area contributed by atoms with Crippen LogP contribution < -0.4 is 4.90 Å². The fourth-order valence-corrected chi connectivity index (χ4v) is 5.46. The van der Waals surface area contributed by atoms with E-state index in [1.165, 1.54) is 16.2 Å². The van der Waals surface area contributed by atoms with Crippen LogP contribution in [0.3, 0.4) is 0 Å². The van der Waals surface area contributed by atoms with Crippen LogP contribution in [0.2, 0.25) is 5.02 Å². The third-order valence-corrected chi connectivity index (χ3v) is 7.81. The summed E-state index contributed by atoms with van der Waals surface area (Å²) in [6.07, 6.45) is 0.644. The maximum Gasteiger partial charge on any atom is 0.244 e. The third kappa shape index (κ3) is 5.60. The summed E-state index contributed by atoms with van der Waals surface area (Å²) >= 11 is 7.51. The largest absolute Gasteiger partial charge is 0.309 e. The Labute approximate surface area is 190 Å². The van der Waals surface area contributed by atoms with E-state index in [2.05, 4.69) is 4.98 Å². The highest BCUT2D eigenvalue weighted by Crippen LogP contribution is 2.34. The minimum Gasteiger partial charge on any atom is -0.309 e. The molecule has 3 aromatic rings. The van der Waals surface area contributed by atoms with Crippen molar-refractivity contribution in [1.29, 1.82) is 0 Å². The Bertz CT molecular complexity index is 1190. The van der Waals surface area contributed by atoms with Crippen molar-refractivity contribution in [3.63, 3.8) is 0 Å². The molecular weight excluding hydrogens is 461 g/mol. The summed E-state index contributed by atoms with van der Waals surface area (Å²) in [6.45, 7) is 2.90. The predicted molar refractivity (Wildman–Crippen MR) is 123 cm³/mol. The van der Waals surface area contributed by atoms with Crippen LogP contribution in [-0.4, -0.2) is 57.1 Å².